The van der Waals surface area contributed by atoms with Crippen LogP contribution in [0.5, 0.6) is 0 Å². The van der Waals surface area contributed by atoms with E-state index < -0.39 is 0 Å². The Morgan fingerprint density at radius 3 is 2.85 bits per heavy atom. The van der Waals surface area contributed by atoms with Gasteiger partial charge in [0.05, 0.1) is 0 Å². The third kappa shape index (κ3) is 4.28. The number of hydrogen-bond acceptors (Lipinski definition) is 4. The van der Waals surface area contributed by atoms with Crippen LogP contribution >= 0.6 is 0 Å². The maximum absolute atomic E-state index is 5.37. The smallest absolute Gasteiger partial charge is 0.230 e. The fraction of sp³-hybridized carbons (Fsp3) is 0.182. The summed E-state index contributed by atoms with van der Waals surface area (Å²) in [6.45, 7) is 9.60. The SMILES string of the molecule is C=C/C=C\C(=C/C)N/C=C(\C=C)c1cccc(-c2noc(C3CC3)n2)c1. The highest BCUT2D eigenvalue weighted by Crippen LogP contribution is 2.39. The van der Waals surface area contributed by atoms with Crippen molar-refractivity contribution >= 4 is 5.57 Å². The average molecular weight is 345 g/mol. The molecule has 1 aromatic carbocycles. The summed E-state index contributed by atoms with van der Waals surface area (Å²) in [5, 5.41) is 7.40. The van der Waals surface area contributed by atoms with Gasteiger partial charge in [0.2, 0.25) is 11.7 Å². The molecule has 1 N–H and O–H groups in total. The minimum atomic E-state index is 0.454. The van der Waals surface area contributed by atoms with Crippen LogP contribution < -0.4 is 5.32 Å². The van der Waals surface area contributed by atoms with Gasteiger partial charge in [-0.25, -0.2) is 0 Å². The lowest BCUT2D eigenvalue weighted by molar-refractivity contribution is 0.380. The summed E-state index contributed by atoms with van der Waals surface area (Å²) in [5.41, 5.74) is 3.92. The Morgan fingerprint density at radius 1 is 1.31 bits per heavy atom. The van der Waals surface area contributed by atoms with Crippen molar-refractivity contribution in [2.45, 2.75) is 25.7 Å². The van der Waals surface area contributed by atoms with Crippen LogP contribution in [0.3, 0.4) is 0 Å². The molecule has 4 heteroatoms. The first-order chi connectivity index (χ1) is 12.7. The largest absolute Gasteiger partial charge is 0.361 e. The fourth-order valence-corrected chi connectivity index (χ4v) is 2.51. The lowest BCUT2D eigenvalue weighted by Gasteiger charge is -2.07. The second-order valence-electron chi connectivity index (χ2n) is 6.10. The molecule has 1 aromatic heterocycles. The first-order valence-corrected chi connectivity index (χ1v) is 8.74. The Hall–Kier alpha value is -3.14. The van der Waals surface area contributed by atoms with Crippen LogP contribution in [0.1, 0.15) is 37.1 Å². The highest BCUT2D eigenvalue weighted by atomic mass is 16.5. The van der Waals surface area contributed by atoms with Crippen LogP contribution in [0.25, 0.3) is 17.0 Å². The molecular formula is C22H23N3O. The summed E-state index contributed by atoms with van der Waals surface area (Å²) >= 11 is 0. The van der Waals surface area contributed by atoms with Gasteiger partial charge in [0.25, 0.3) is 0 Å². The normalized spacial score (nSPS) is 15.3. The van der Waals surface area contributed by atoms with E-state index in [1.165, 1.54) is 0 Å². The zero-order chi connectivity index (χ0) is 18.4. The van der Waals surface area contributed by atoms with Gasteiger partial charge < -0.3 is 9.84 Å². The summed E-state index contributed by atoms with van der Waals surface area (Å²) in [6.07, 6.45) is 13.6. The van der Waals surface area contributed by atoms with Crippen LogP contribution in [0, 0.1) is 0 Å². The van der Waals surface area contributed by atoms with Crippen molar-refractivity contribution in [1.29, 1.82) is 0 Å². The summed E-state index contributed by atoms with van der Waals surface area (Å²) < 4.78 is 5.37. The zero-order valence-electron chi connectivity index (χ0n) is 15.0. The Kier molecular flexibility index (Phi) is 5.64. The molecule has 1 saturated carbocycles. The van der Waals surface area contributed by atoms with Crippen molar-refractivity contribution in [2.75, 3.05) is 0 Å². The number of allylic oxidation sites excluding steroid dienone is 6. The lowest BCUT2D eigenvalue weighted by Crippen LogP contribution is -2.03. The quantitative estimate of drug-likeness (QED) is 0.653. The number of nitrogens with zero attached hydrogens (tertiary/aromatic N) is 2. The highest BCUT2D eigenvalue weighted by molar-refractivity contribution is 5.76. The lowest BCUT2D eigenvalue weighted by atomic mass is 10.0. The number of benzene rings is 1. The van der Waals surface area contributed by atoms with E-state index in [9.17, 15) is 0 Å². The molecule has 1 aliphatic rings. The first kappa shape index (κ1) is 17.7. The molecule has 1 heterocycles. The molecule has 3 rings (SSSR count). The molecule has 1 aliphatic carbocycles. The Balaban J connectivity index is 1.82. The second kappa shape index (κ2) is 8.30. The Labute approximate surface area is 154 Å². The summed E-state index contributed by atoms with van der Waals surface area (Å²) in [4.78, 5) is 4.52. The van der Waals surface area contributed by atoms with Gasteiger partial charge in [-0.1, -0.05) is 60.8 Å². The second-order valence-corrected chi connectivity index (χ2v) is 6.10. The minimum Gasteiger partial charge on any atom is -0.361 e. The van der Waals surface area contributed by atoms with Crippen LogP contribution in [-0.2, 0) is 0 Å². The highest BCUT2D eigenvalue weighted by Gasteiger charge is 2.29. The number of rotatable bonds is 8. The molecule has 0 radical (unpaired) electrons. The van der Waals surface area contributed by atoms with E-state index in [2.05, 4.69) is 28.6 Å². The predicted molar refractivity (Wildman–Crippen MR) is 106 cm³/mol. The zero-order valence-corrected chi connectivity index (χ0v) is 15.0. The molecule has 0 atom stereocenters. The maximum Gasteiger partial charge on any atom is 0.230 e. The van der Waals surface area contributed by atoms with E-state index >= 15 is 0 Å². The molecule has 4 nitrogen and oxygen atoms in total. The standard InChI is InChI=1S/C22H23N3O/c1-4-7-11-20(6-3)23-15-16(5-2)18-9-8-10-19(14-18)21-24-22(26-25-21)17-12-13-17/h4-11,14-15,17,23H,1-2,12-13H2,3H3/b11-7-,16-15+,20-6+. The third-order valence-corrected chi connectivity index (χ3v) is 4.16. The molecule has 0 saturated heterocycles. The van der Waals surface area contributed by atoms with Gasteiger partial charge in [-0.15, -0.1) is 0 Å². The van der Waals surface area contributed by atoms with E-state index in [0.717, 1.165) is 41.1 Å². The van der Waals surface area contributed by atoms with Gasteiger partial charge in [-0.2, -0.15) is 4.98 Å². The van der Waals surface area contributed by atoms with E-state index in [-0.39, 0.29) is 0 Å². The van der Waals surface area contributed by atoms with Gasteiger partial charge in [0.1, 0.15) is 0 Å². The number of hydrogen-bond donors (Lipinski definition) is 1. The average Bonchev–Trinajstić information content (AvgIpc) is 3.41. The Bertz CT molecular complexity index is 882. The number of aromatic nitrogens is 2. The topological polar surface area (TPSA) is 51.0 Å². The van der Waals surface area contributed by atoms with Crippen LogP contribution in [0.2, 0.25) is 0 Å². The molecule has 132 valence electrons. The van der Waals surface area contributed by atoms with Gasteiger partial charge in [-0.3, -0.25) is 0 Å². The fourth-order valence-electron chi connectivity index (χ4n) is 2.51. The molecule has 26 heavy (non-hydrogen) atoms. The molecule has 2 aromatic rings. The van der Waals surface area contributed by atoms with Crippen LogP contribution in [0.4, 0.5) is 0 Å². The van der Waals surface area contributed by atoms with Crippen molar-refractivity contribution in [2.24, 2.45) is 0 Å². The van der Waals surface area contributed by atoms with Crippen molar-refractivity contribution in [3.05, 3.63) is 91.2 Å². The third-order valence-electron chi connectivity index (χ3n) is 4.16. The van der Waals surface area contributed by atoms with Crippen LogP contribution in [0.15, 0.2) is 84.2 Å². The van der Waals surface area contributed by atoms with Crippen molar-refractivity contribution in [3.63, 3.8) is 0 Å². The van der Waals surface area contributed by atoms with E-state index in [1.807, 2.05) is 61.7 Å². The van der Waals surface area contributed by atoms with Crippen LogP contribution in [-0.4, -0.2) is 10.1 Å². The summed E-state index contributed by atoms with van der Waals surface area (Å²) in [7, 11) is 0. The molecule has 0 aliphatic heterocycles. The van der Waals surface area contributed by atoms with Crippen molar-refractivity contribution in [3.8, 4) is 11.4 Å². The van der Waals surface area contributed by atoms with Gasteiger partial charge in [0.15, 0.2) is 0 Å². The summed E-state index contributed by atoms with van der Waals surface area (Å²) in [6, 6.07) is 8.06. The molecule has 1 fully saturated rings. The van der Waals surface area contributed by atoms with Gasteiger partial charge in [-0.05, 0) is 43.0 Å². The maximum atomic E-state index is 5.37. The molecule has 0 amide bonds. The number of nitrogens with one attached hydrogen (secondary N) is 1. The molecule has 0 bridgehead atoms. The van der Waals surface area contributed by atoms with E-state index in [4.69, 9.17) is 4.52 Å². The molecular weight excluding hydrogens is 322 g/mol. The Morgan fingerprint density at radius 2 is 2.15 bits per heavy atom. The molecule has 0 unspecified atom stereocenters. The van der Waals surface area contributed by atoms with Gasteiger partial charge in [0, 0.05) is 23.4 Å². The first-order valence-electron chi connectivity index (χ1n) is 8.74. The van der Waals surface area contributed by atoms with Crippen molar-refractivity contribution < 1.29 is 4.52 Å². The minimum absolute atomic E-state index is 0.454. The monoisotopic (exact) mass is 345 g/mol. The predicted octanol–water partition coefficient (Wildman–Crippen LogP) is 5.38. The molecule has 0 spiro atoms. The van der Waals surface area contributed by atoms with Gasteiger partial charge >= 0.3 is 0 Å². The summed E-state index contributed by atoms with van der Waals surface area (Å²) in [5.74, 6) is 1.83. The van der Waals surface area contributed by atoms with E-state index in [0.29, 0.717) is 11.7 Å². The van der Waals surface area contributed by atoms with E-state index in [1.54, 1.807) is 6.08 Å². The van der Waals surface area contributed by atoms with Crippen molar-refractivity contribution in [1.82, 2.24) is 15.5 Å².